The Kier molecular flexibility index (Phi) is 1.85. The molecule has 3 atom stereocenters. The molecule has 0 N–H and O–H groups in total. The second-order valence-corrected chi connectivity index (χ2v) is 5.24. The molecule has 1 aliphatic heterocycles. The number of hydrogen-bond donors (Lipinski definition) is 0. The van der Waals surface area contributed by atoms with Crippen LogP contribution in [0.4, 0.5) is 0 Å². The molecular formula is C15H12O3. The van der Waals surface area contributed by atoms with Crippen molar-refractivity contribution >= 4 is 11.9 Å². The number of allylic oxidation sites excluding steroid dienone is 2. The predicted octanol–water partition coefficient (Wildman–Crippen LogP) is 1.97. The summed E-state index contributed by atoms with van der Waals surface area (Å²) in [5.41, 5.74) is 3.76. The van der Waals surface area contributed by atoms with Crippen molar-refractivity contribution in [2.45, 2.75) is 18.8 Å². The van der Waals surface area contributed by atoms with Crippen molar-refractivity contribution in [1.29, 1.82) is 0 Å². The van der Waals surface area contributed by atoms with Crippen LogP contribution in [0.1, 0.15) is 23.5 Å². The summed E-state index contributed by atoms with van der Waals surface area (Å²) in [4.78, 5) is 23.5. The maximum Gasteiger partial charge on any atom is 0.318 e. The lowest BCUT2D eigenvalue weighted by molar-refractivity contribution is -0.153. The number of benzene rings is 1. The third kappa shape index (κ3) is 1.14. The fourth-order valence-corrected chi connectivity index (χ4v) is 3.59. The van der Waals surface area contributed by atoms with Gasteiger partial charge in [0, 0.05) is 5.92 Å². The van der Waals surface area contributed by atoms with Gasteiger partial charge >= 0.3 is 11.9 Å². The highest BCUT2D eigenvalue weighted by Crippen LogP contribution is 2.51. The van der Waals surface area contributed by atoms with Crippen molar-refractivity contribution in [3.63, 3.8) is 0 Å². The van der Waals surface area contributed by atoms with Crippen LogP contribution in [0, 0.1) is 11.8 Å². The van der Waals surface area contributed by atoms with E-state index < -0.39 is 0 Å². The lowest BCUT2D eigenvalue weighted by Crippen LogP contribution is -2.27. The van der Waals surface area contributed by atoms with Crippen LogP contribution in [-0.2, 0) is 20.7 Å². The second kappa shape index (κ2) is 3.31. The minimum atomic E-state index is -0.343. The summed E-state index contributed by atoms with van der Waals surface area (Å²) in [6.45, 7) is 0. The predicted molar refractivity (Wildman–Crippen MR) is 63.7 cm³/mol. The highest BCUT2D eigenvalue weighted by molar-refractivity contribution is 5.98. The maximum absolute atomic E-state index is 11.9. The van der Waals surface area contributed by atoms with E-state index in [1.54, 1.807) is 0 Å². The first-order chi connectivity index (χ1) is 8.75. The Hall–Kier alpha value is -1.90. The van der Waals surface area contributed by atoms with Crippen LogP contribution in [-0.4, -0.2) is 11.9 Å². The molecular weight excluding hydrogens is 228 g/mol. The molecule has 0 radical (unpaired) electrons. The van der Waals surface area contributed by atoms with E-state index in [0.29, 0.717) is 6.42 Å². The van der Waals surface area contributed by atoms with Crippen LogP contribution < -0.4 is 0 Å². The molecule has 0 bridgehead atoms. The second-order valence-electron chi connectivity index (χ2n) is 5.24. The molecule has 1 aromatic carbocycles. The molecule has 0 saturated carbocycles. The third-order valence-electron chi connectivity index (χ3n) is 4.39. The number of carbonyl (C=O) groups is 2. The normalized spacial score (nSPS) is 32.4. The maximum atomic E-state index is 11.9. The largest absolute Gasteiger partial charge is 0.393 e. The molecule has 4 rings (SSSR count). The number of esters is 2. The van der Waals surface area contributed by atoms with Crippen molar-refractivity contribution < 1.29 is 14.3 Å². The van der Waals surface area contributed by atoms with E-state index in [9.17, 15) is 9.59 Å². The van der Waals surface area contributed by atoms with Gasteiger partial charge in [0.1, 0.15) is 0 Å². The Morgan fingerprint density at radius 2 is 1.94 bits per heavy atom. The zero-order valence-corrected chi connectivity index (χ0v) is 9.76. The quantitative estimate of drug-likeness (QED) is 0.395. The van der Waals surface area contributed by atoms with Gasteiger partial charge in [0.05, 0.1) is 11.8 Å². The molecule has 1 saturated heterocycles. The highest BCUT2D eigenvalue weighted by atomic mass is 16.6. The van der Waals surface area contributed by atoms with E-state index in [1.807, 2.05) is 12.1 Å². The average molecular weight is 240 g/mol. The Bertz CT molecular complexity index is 600. The molecule has 1 heterocycles. The fourth-order valence-electron chi connectivity index (χ4n) is 3.59. The number of ether oxygens (including phenoxy) is 1. The Morgan fingerprint density at radius 3 is 2.83 bits per heavy atom. The Labute approximate surface area is 104 Å². The first-order valence-corrected chi connectivity index (χ1v) is 6.28. The summed E-state index contributed by atoms with van der Waals surface area (Å²) in [6, 6.07) is 8.19. The molecule has 0 amide bonds. The fraction of sp³-hybridized carbons (Fsp3) is 0.333. The van der Waals surface area contributed by atoms with Gasteiger partial charge in [-0.1, -0.05) is 35.9 Å². The molecule has 2 aliphatic carbocycles. The molecule has 3 nitrogen and oxygen atoms in total. The van der Waals surface area contributed by atoms with E-state index in [2.05, 4.69) is 18.2 Å². The van der Waals surface area contributed by atoms with Crippen molar-refractivity contribution in [2.75, 3.05) is 0 Å². The number of hydrogen-bond acceptors (Lipinski definition) is 3. The van der Waals surface area contributed by atoms with E-state index in [-0.39, 0.29) is 29.7 Å². The van der Waals surface area contributed by atoms with Gasteiger partial charge in [-0.25, -0.2) is 0 Å². The minimum absolute atomic E-state index is 0.0684. The van der Waals surface area contributed by atoms with Crippen LogP contribution in [0.2, 0.25) is 0 Å². The topological polar surface area (TPSA) is 43.4 Å². The SMILES string of the molecule is O=C1OC(=O)[C@H]2CC=C3Cc4ccccc4[C@H]3[C@@H]12. The van der Waals surface area contributed by atoms with E-state index in [4.69, 9.17) is 4.74 Å². The Morgan fingerprint density at radius 1 is 1.11 bits per heavy atom. The van der Waals surface area contributed by atoms with Gasteiger partial charge in [0.25, 0.3) is 0 Å². The van der Waals surface area contributed by atoms with Crippen molar-refractivity contribution in [3.8, 4) is 0 Å². The van der Waals surface area contributed by atoms with Gasteiger partial charge < -0.3 is 4.74 Å². The van der Waals surface area contributed by atoms with Gasteiger partial charge in [-0.2, -0.15) is 0 Å². The summed E-state index contributed by atoms with van der Waals surface area (Å²) < 4.78 is 4.82. The number of fused-ring (bicyclic) bond motifs is 5. The van der Waals surface area contributed by atoms with Gasteiger partial charge in [0.2, 0.25) is 0 Å². The molecule has 0 aromatic heterocycles. The smallest absolute Gasteiger partial charge is 0.318 e. The average Bonchev–Trinajstić information content (AvgIpc) is 2.87. The molecule has 3 aliphatic rings. The zero-order valence-electron chi connectivity index (χ0n) is 9.76. The lowest BCUT2D eigenvalue weighted by Gasteiger charge is -2.26. The van der Waals surface area contributed by atoms with Crippen molar-refractivity contribution in [3.05, 3.63) is 47.0 Å². The van der Waals surface area contributed by atoms with Crippen molar-refractivity contribution in [1.82, 2.24) is 0 Å². The van der Waals surface area contributed by atoms with E-state index in [1.165, 1.54) is 16.7 Å². The van der Waals surface area contributed by atoms with Crippen LogP contribution in [0.5, 0.6) is 0 Å². The van der Waals surface area contributed by atoms with Crippen LogP contribution >= 0.6 is 0 Å². The monoisotopic (exact) mass is 240 g/mol. The van der Waals surface area contributed by atoms with Gasteiger partial charge in [0.15, 0.2) is 0 Å². The van der Waals surface area contributed by atoms with E-state index in [0.717, 1.165) is 6.42 Å². The first-order valence-electron chi connectivity index (χ1n) is 6.28. The molecule has 0 unspecified atom stereocenters. The number of cyclic esters (lactones) is 2. The molecule has 90 valence electrons. The molecule has 1 fully saturated rings. The zero-order chi connectivity index (χ0) is 12.3. The third-order valence-corrected chi connectivity index (χ3v) is 4.39. The van der Waals surface area contributed by atoms with Gasteiger partial charge in [-0.05, 0) is 24.0 Å². The lowest BCUT2D eigenvalue weighted by atomic mass is 9.73. The molecule has 18 heavy (non-hydrogen) atoms. The van der Waals surface area contributed by atoms with Gasteiger partial charge in [-0.3, -0.25) is 9.59 Å². The standard InChI is InChI=1S/C15H12O3/c16-14-11-6-5-9-7-8-3-1-2-4-10(8)12(9)13(11)15(17)18-14/h1-5,11-13H,6-7H2/t11-,12-,13-/m0/s1. The first kappa shape index (κ1) is 10.1. The summed E-state index contributed by atoms with van der Waals surface area (Å²) in [5.74, 6) is -1.17. The van der Waals surface area contributed by atoms with Crippen LogP contribution in [0.25, 0.3) is 0 Å². The van der Waals surface area contributed by atoms with E-state index >= 15 is 0 Å². The molecule has 0 spiro atoms. The number of carbonyl (C=O) groups excluding carboxylic acids is 2. The summed E-state index contributed by atoms with van der Waals surface area (Å²) in [6.07, 6.45) is 3.69. The van der Waals surface area contributed by atoms with Crippen LogP contribution in [0.15, 0.2) is 35.9 Å². The highest BCUT2D eigenvalue weighted by Gasteiger charge is 2.52. The van der Waals surface area contributed by atoms with Crippen molar-refractivity contribution in [2.24, 2.45) is 11.8 Å². The van der Waals surface area contributed by atoms with Crippen LogP contribution in [0.3, 0.4) is 0 Å². The Balaban J connectivity index is 1.87. The summed E-state index contributed by atoms with van der Waals surface area (Å²) >= 11 is 0. The minimum Gasteiger partial charge on any atom is -0.393 e. The number of rotatable bonds is 0. The molecule has 3 heteroatoms. The summed E-state index contributed by atoms with van der Waals surface area (Å²) in [7, 11) is 0. The summed E-state index contributed by atoms with van der Waals surface area (Å²) in [5, 5.41) is 0. The van der Waals surface area contributed by atoms with Gasteiger partial charge in [-0.15, -0.1) is 0 Å². The molecule has 1 aromatic rings.